The highest BCUT2D eigenvalue weighted by Gasteiger charge is 2.45. The van der Waals surface area contributed by atoms with Gasteiger partial charge in [-0.1, -0.05) is 12.1 Å². The highest BCUT2D eigenvalue weighted by Crippen LogP contribution is 2.38. The van der Waals surface area contributed by atoms with Crippen LogP contribution < -0.4 is 10.1 Å². The highest BCUT2D eigenvalue weighted by molar-refractivity contribution is 5.95. The topological polar surface area (TPSA) is 81.9 Å². The molecule has 0 bridgehead atoms. The molecule has 0 saturated carbocycles. The first-order valence-corrected chi connectivity index (χ1v) is 11.8. The van der Waals surface area contributed by atoms with Gasteiger partial charge >= 0.3 is 18.7 Å². The summed E-state index contributed by atoms with van der Waals surface area (Å²) in [6, 6.07) is 6.88. The van der Waals surface area contributed by atoms with Gasteiger partial charge in [-0.3, -0.25) is 4.79 Å². The molecule has 1 amide bonds. The van der Waals surface area contributed by atoms with Gasteiger partial charge in [-0.2, -0.15) is 35.5 Å². The molecule has 17 heteroatoms. The number of aromatic nitrogens is 4. The first-order valence-electron chi connectivity index (χ1n) is 11.8. The van der Waals surface area contributed by atoms with Crippen LogP contribution in [0.4, 0.5) is 43.9 Å². The zero-order valence-electron chi connectivity index (χ0n) is 21.4. The fourth-order valence-corrected chi connectivity index (χ4v) is 4.14. The lowest BCUT2D eigenvalue weighted by atomic mass is 9.79. The van der Waals surface area contributed by atoms with Gasteiger partial charge in [0.25, 0.3) is 5.91 Å². The van der Waals surface area contributed by atoms with Crippen LogP contribution in [0.25, 0.3) is 0 Å². The van der Waals surface area contributed by atoms with Crippen LogP contribution in [0, 0.1) is 17.5 Å². The minimum atomic E-state index is -5.21. The van der Waals surface area contributed by atoms with Crippen molar-refractivity contribution < 1.29 is 53.4 Å². The van der Waals surface area contributed by atoms with Crippen molar-refractivity contribution in [3.8, 4) is 5.75 Å². The molecule has 1 heterocycles. The van der Waals surface area contributed by atoms with Crippen LogP contribution in [0.3, 0.4) is 0 Å². The van der Waals surface area contributed by atoms with Crippen LogP contribution in [0.15, 0.2) is 60.7 Å². The van der Waals surface area contributed by atoms with Crippen molar-refractivity contribution in [2.45, 2.75) is 30.7 Å². The van der Waals surface area contributed by atoms with Gasteiger partial charge in [-0.15, -0.1) is 10.2 Å². The smallest absolute Gasteiger partial charge is 0.428 e. The summed E-state index contributed by atoms with van der Waals surface area (Å²) < 4.78 is 140. The molecule has 0 saturated heterocycles. The Morgan fingerprint density at radius 2 is 1.58 bits per heavy atom. The number of carbonyl (C=O) groups excluding carboxylic acids is 1. The lowest BCUT2D eigenvalue weighted by Gasteiger charge is -2.36. The van der Waals surface area contributed by atoms with Gasteiger partial charge in [0, 0.05) is 18.1 Å². The molecular weight excluding hydrogens is 604 g/mol. The number of aryl methyl sites for hydroxylation is 1. The summed E-state index contributed by atoms with van der Waals surface area (Å²) in [7, 11) is 1.34. The minimum Gasteiger partial charge on any atom is -0.428 e. The average molecular weight is 621 g/mol. The number of tetrazole rings is 1. The molecule has 0 aliphatic heterocycles. The molecule has 0 aliphatic rings. The molecule has 0 fully saturated rings. The van der Waals surface area contributed by atoms with Crippen molar-refractivity contribution in [2.24, 2.45) is 7.05 Å². The second-order valence-corrected chi connectivity index (χ2v) is 9.07. The SMILES string of the molecule is Cn1nnc(C[C@@](NC(=O)c2ccc(F)c(C(F)(F)F)c2)(c2ccc(F)cc2)c2cc(F)cc(OC(F)(F)C(F)F)c2)n1. The molecule has 1 atom stereocenters. The molecule has 4 rings (SSSR count). The summed E-state index contributed by atoms with van der Waals surface area (Å²) in [6.45, 7) is 0. The Kier molecular flexibility index (Phi) is 8.37. The number of hydrogen-bond acceptors (Lipinski definition) is 5. The van der Waals surface area contributed by atoms with E-state index >= 15 is 0 Å². The predicted octanol–water partition coefficient (Wildman–Crippen LogP) is 5.80. The van der Waals surface area contributed by atoms with Gasteiger partial charge in [0.1, 0.15) is 23.2 Å². The Morgan fingerprint density at radius 1 is 0.907 bits per heavy atom. The first-order chi connectivity index (χ1) is 20.0. The van der Waals surface area contributed by atoms with Gasteiger partial charge in [0.15, 0.2) is 5.82 Å². The third kappa shape index (κ3) is 6.86. The number of rotatable bonds is 9. The third-order valence-corrected chi connectivity index (χ3v) is 6.04. The molecule has 0 radical (unpaired) electrons. The van der Waals surface area contributed by atoms with Gasteiger partial charge < -0.3 is 10.1 Å². The van der Waals surface area contributed by atoms with Crippen LogP contribution in [0.5, 0.6) is 5.75 Å². The van der Waals surface area contributed by atoms with Crippen LogP contribution in [-0.2, 0) is 25.2 Å². The zero-order valence-corrected chi connectivity index (χ0v) is 21.4. The lowest BCUT2D eigenvalue weighted by Crippen LogP contribution is -2.49. The second kappa shape index (κ2) is 11.5. The molecule has 0 spiro atoms. The predicted molar refractivity (Wildman–Crippen MR) is 127 cm³/mol. The molecular formula is C26H17F10N5O2. The van der Waals surface area contributed by atoms with E-state index in [-0.39, 0.29) is 17.5 Å². The Hall–Kier alpha value is -4.70. The fraction of sp³-hybridized carbons (Fsp3) is 0.231. The molecule has 43 heavy (non-hydrogen) atoms. The number of hydrogen-bond donors (Lipinski definition) is 1. The molecule has 0 aliphatic carbocycles. The van der Waals surface area contributed by atoms with Crippen molar-refractivity contribution >= 4 is 5.91 Å². The van der Waals surface area contributed by atoms with E-state index in [0.717, 1.165) is 29.1 Å². The van der Waals surface area contributed by atoms with Gasteiger partial charge in [0.2, 0.25) is 0 Å². The van der Waals surface area contributed by atoms with Crippen molar-refractivity contribution in [1.29, 1.82) is 0 Å². The quantitative estimate of drug-likeness (QED) is 0.239. The minimum absolute atomic E-state index is 0.120. The highest BCUT2D eigenvalue weighted by atomic mass is 19.4. The number of alkyl halides is 7. The first kappa shape index (κ1) is 31.2. The summed E-state index contributed by atoms with van der Waals surface area (Å²) in [5.74, 6) is -6.48. The Balaban J connectivity index is 1.95. The normalized spacial score (nSPS) is 13.6. The van der Waals surface area contributed by atoms with Crippen molar-refractivity contribution in [2.75, 3.05) is 0 Å². The molecule has 1 aromatic heterocycles. The summed E-state index contributed by atoms with van der Waals surface area (Å²) in [5.41, 5.74) is -5.38. The fourth-order valence-electron chi connectivity index (χ4n) is 4.14. The van der Waals surface area contributed by atoms with Crippen LogP contribution in [0.1, 0.15) is 32.9 Å². The van der Waals surface area contributed by atoms with Gasteiger partial charge in [-0.05, 0) is 58.8 Å². The third-order valence-electron chi connectivity index (χ3n) is 6.04. The van der Waals surface area contributed by atoms with E-state index < -0.39 is 76.5 Å². The maximum Gasteiger partial charge on any atom is 0.461 e. The van der Waals surface area contributed by atoms with Crippen LogP contribution >= 0.6 is 0 Å². The second-order valence-electron chi connectivity index (χ2n) is 9.07. The maximum absolute atomic E-state index is 14.8. The Bertz CT molecular complexity index is 1630. The maximum atomic E-state index is 14.8. The zero-order chi connectivity index (χ0) is 31.7. The molecule has 4 aromatic rings. The summed E-state index contributed by atoms with van der Waals surface area (Å²) in [5, 5.41) is 13.7. The van der Waals surface area contributed by atoms with E-state index in [1.54, 1.807) is 0 Å². The summed E-state index contributed by atoms with van der Waals surface area (Å²) >= 11 is 0. The van der Waals surface area contributed by atoms with E-state index in [0.29, 0.717) is 30.3 Å². The number of benzene rings is 3. The lowest BCUT2D eigenvalue weighted by molar-refractivity contribution is -0.253. The summed E-state index contributed by atoms with van der Waals surface area (Å²) in [6.07, 6.45) is -15.2. The van der Waals surface area contributed by atoms with Gasteiger partial charge in [0.05, 0.1) is 18.2 Å². The van der Waals surface area contributed by atoms with Gasteiger partial charge in [-0.25, -0.2) is 13.2 Å². The average Bonchev–Trinajstić information content (AvgIpc) is 3.31. The van der Waals surface area contributed by atoms with Crippen LogP contribution in [0.2, 0.25) is 0 Å². The number of amides is 1. The molecule has 228 valence electrons. The van der Waals surface area contributed by atoms with Crippen LogP contribution in [-0.4, -0.2) is 38.6 Å². The molecule has 3 aromatic carbocycles. The number of nitrogens with one attached hydrogen (secondary N) is 1. The van der Waals surface area contributed by atoms with Crippen molar-refractivity contribution in [3.63, 3.8) is 0 Å². The standard InChI is InChI=1S/C26H17F10N5O2/c1-41-39-21(38-40-41)12-24(14-3-5-16(27)6-4-14,15-9-17(28)11-18(10-15)43-26(35,36)23(30)31)37-22(42)13-2-7-20(29)19(8-13)25(32,33)34/h2-11,23H,12H2,1H3,(H,37,42)/t24-/m1/s1. The molecule has 0 unspecified atom stereocenters. The monoisotopic (exact) mass is 621 g/mol. The van der Waals surface area contributed by atoms with E-state index in [1.807, 2.05) is 0 Å². The Morgan fingerprint density at radius 3 is 2.16 bits per heavy atom. The van der Waals surface area contributed by atoms with Crippen molar-refractivity contribution in [3.05, 3.63) is 106 Å². The number of halogens is 10. The van der Waals surface area contributed by atoms with E-state index in [9.17, 15) is 48.7 Å². The Labute approximate surface area is 235 Å². The largest absolute Gasteiger partial charge is 0.461 e. The number of ether oxygens (including phenoxy) is 1. The van der Waals surface area contributed by atoms with E-state index in [4.69, 9.17) is 0 Å². The van der Waals surface area contributed by atoms with E-state index in [2.05, 4.69) is 25.5 Å². The van der Waals surface area contributed by atoms with Crippen molar-refractivity contribution in [1.82, 2.24) is 25.5 Å². The summed E-state index contributed by atoms with van der Waals surface area (Å²) in [4.78, 5) is 14.4. The number of nitrogens with zero attached hydrogens (tertiary/aromatic N) is 4. The number of carbonyl (C=O) groups is 1. The molecule has 7 nitrogen and oxygen atoms in total. The van der Waals surface area contributed by atoms with E-state index in [1.165, 1.54) is 7.05 Å². The molecule has 1 N–H and O–H groups in total.